The lowest BCUT2D eigenvalue weighted by atomic mass is 9.99. The molecule has 0 aromatic heterocycles. The Morgan fingerprint density at radius 1 is 1.19 bits per heavy atom. The lowest BCUT2D eigenvalue weighted by Crippen LogP contribution is -2.55. The lowest BCUT2D eigenvalue weighted by molar-refractivity contribution is -0.130. The number of hydrogen-bond donors (Lipinski definition) is 1. The Hall–Kier alpha value is -1.68. The summed E-state index contributed by atoms with van der Waals surface area (Å²) in [5.41, 5.74) is 0.434. The molecular formula is C23H39N3O5S. The van der Waals surface area contributed by atoms with E-state index in [1.165, 1.54) is 10.4 Å². The molecule has 1 N–H and O–H groups in total. The zero-order valence-corrected chi connectivity index (χ0v) is 21.2. The lowest BCUT2D eigenvalue weighted by Gasteiger charge is -2.41. The van der Waals surface area contributed by atoms with Crippen LogP contribution in [0.25, 0.3) is 0 Å². The van der Waals surface area contributed by atoms with Gasteiger partial charge in [-0.1, -0.05) is 27.7 Å². The van der Waals surface area contributed by atoms with Gasteiger partial charge in [-0.3, -0.25) is 9.69 Å². The van der Waals surface area contributed by atoms with E-state index < -0.39 is 10.0 Å². The molecule has 2 rings (SSSR count). The summed E-state index contributed by atoms with van der Waals surface area (Å²) in [6.45, 7) is 15.8. The third-order valence-corrected chi connectivity index (χ3v) is 7.65. The Labute approximate surface area is 193 Å². The Morgan fingerprint density at radius 3 is 2.28 bits per heavy atom. The summed E-state index contributed by atoms with van der Waals surface area (Å²) in [5, 5.41) is 2.95. The number of nitrogens with zero attached hydrogens (tertiary/aromatic N) is 2. The van der Waals surface area contributed by atoms with Crippen LogP contribution in [0.15, 0.2) is 23.1 Å². The number of nitrogens with one attached hydrogen (secondary N) is 1. The first-order chi connectivity index (χ1) is 15.0. The molecule has 1 aliphatic rings. The second-order valence-corrected chi connectivity index (χ2v) is 10.5. The molecule has 8 nitrogen and oxygen atoms in total. The van der Waals surface area contributed by atoms with E-state index in [9.17, 15) is 13.2 Å². The maximum absolute atomic E-state index is 13.3. The van der Waals surface area contributed by atoms with Crippen LogP contribution < -0.4 is 10.1 Å². The minimum atomic E-state index is -3.75. The SMILES string of the molecule is CCOc1ccc(NC(=O)C(C(C)C)N2CC(C)OC(C)C2)cc1S(=O)(=O)N(CC)CC. The van der Waals surface area contributed by atoms with E-state index in [0.717, 1.165) is 0 Å². The predicted octanol–water partition coefficient (Wildman–Crippen LogP) is 3.19. The van der Waals surface area contributed by atoms with E-state index in [2.05, 4.69) is 10.2 Å². The maximum atomic E-state index is 13.3. The molecule has 1 aromatic carbocycles. The summed E-state index contributed by atoms with van der Waals surface area (Å²) < 4.78 is 39.2. The first kappa shape index (κ1) is 26.6. The largest absolute Gasteiger partial charge is 0.492 e. The van der Waals surface area contributed by atoms with Crippen molar-refractivity contribution in [2.45, 2.75) is 71.6 Å². The average Bonchev–Trinajstić information content (AvgIpc) is 2.69. The highest BCUT2D eigenvalue weighted by molar-refractivity contribution is 7.89. The molecule has 182 valence electrons. The van der Waals surface area contributed by atoms with Crippen LogP contribution in [0, 0.1) is 5.92 Å². The number of ether oxygens (including phenoxy) is 2. The fraction of sp³-hybridized carbons (Fsp3) is 0.696. The summed E-state index contributed by atoms with van der Waals surface area (Å²) >= 11 is 0. The highest BCUT2D eigenvalue weighted by Crippen LogP contribution is 2.30. The Balaban J connectivity index is 2.35. The Morgan fingerprint density at radius 2 is 1.78 bits per heavy atom. The van der Waals surface area contributed by atoms with Crippen LogP contribution >= 0.6 is 0 Å². The normalized spacial score (nSPS) is 21.0. The fourth-order valence-electron chi connectivity index (χ4n) is 4.32. The monoisotopic (exact) mass is 469 g/mol. The van der Waals surface area contributed by atoms with Gasteiger partial charge in [0.1, 0.15) is 10.6 Å². The van der Waals surface area contributed by atoms with Gasteiger partial charge in [0, 0.05) is 31.9 Å². The minimum Gasteiger partial charge on any atom is -0.492 e. The molecular weight excluding hydrogens is 430 g/mol. The second-order valence-electron chi connectivity index (χ2n) is 8.57. The van der Waals surface area contributed by atoms with Gasteiger partial charge in [0.05, 0.1) is 24.9 Å². The van der Waals surface area contributed by atoms with Gasteiger partial charge in [0.25, 0.3) is 0 Å². The molecule has 1 heterocycles. The van der Waals surface area contributed by atoms with Crippen LogP contribution in [0.4, 0.5) is 5.69 Å². The van der Waals surface area contributed by atoms with Crippen molar-refractivity contribution in [2.24, 2.45) is 5.92 Å². The molecule has 1 saturated heterocycles. The molecule has 1 amide bonds. The van der Waals surface area contributed by atoms with Crippen molar-refractivity contribution in [3.63, 3.8) is 0 Å². The second kappa shape index (κ2) is 11.4. The molecule has 1 aliphatic heterocycles. The summed E-state index contributed by atoms with van der Waals surface area (Å²) in [4.78, 5) is 15.5. The molecule has 32 heavy (non-hydrogen) atoms. The number of sulfonamides is 1. The van der Waals surface area contributed by atoms with Gasteiger partial charge in [-0.15, -0.1) is 0 Å². The molecule has 9 heteroatoms. The van der Waals surface area contributed by atoms with Crippen molar-refractivity contribution in [2.75, 3.05) is 38.1 Å². The van der Waals surface area contributed by atoms with Crippen LogP contribution in [0.2, 0.25) is 0 Å². The molecule has 1 fully saturated rings. The van der Waals surface area contributed by atoms with Crippen molar-refractivity contribution in [1.29, 1.82) is 0 Å². The van der Waals surface area contributed by atoms with Crippen LogP contribution in [0.5, 0.6) is 5.75 Å². The number of amides is 1. The molecule has 0 saturated carbocycles. The zero-order valence-electron chi connectivity index (χ0n) is 20.4. The van der Waals surface area contributed by atoms with Crippen LogP contribution in [-0.2, 0) is 19.6 Å². The predicted molar refractivity (Wildman–Crippen MR) is 127 cm³/mol. The standard InChI is InChI=1S/C23H39N3O5S/c1-8-26(9-2)32(28,29)21-13-19(11-12-20(21)30-10-3)24-23(27)22(16(4)5)25-14-17(6)31-18(7)15-25/h11-13,16-18,22H,8-10,14-15H2,1-7H3,(H,24,27). The maximum Gasteiger partial charge on any atom is 0.246 e. The van der Waals surface area contributed by atoms with Gasteiger partial charge in [-0.2, -0.15) is 4.31 Å². The van der Waals surface area contributed by atoms with Crippen molar-refractivity contribution >= 4 is 21.6 Å². The number of carbonyl (C=O) groups excluding carboxylic acids is 1. The van der Waals surface area contributed by atoms with E-state index in [1.54, 1.807) is 32.9 Å². The molecule has 0 radical (unpaired) electrons. The van der Waals surface area contributed by atoms with Crippen LogP contribution in [0.1, 0.15) is 48.5 Å². The molecule has 1 aromatic rings. The molecule has 0 bridgehead atoms. The molecule has 3 unspecified atom stereocenters. The van der Waals surface area contributed by atoms with E-state index in [0.29, 0.717) is 38.5 Å². The average molecular weight is 470 g/mol. The van der Waals surface area contributed by atoms with Crippen molar-refractivity contribution in [1.82, 2.24) is 9.21 Å². The molecule has 3 atom stereocenters. The van der Waals surface area contributed by atoms with Crippen molar-refractivity contribution in [3.05, 3.63) is 18.2 Å². The van der Waals surface area contributed by atoms with Crippen LogP contribution in [0.3, 0.4) is 0 Å². The molecule has 0 aliphatic carbocycles. The smallest absolute Gasteiger partial charge is 0.246 e. The van der Waals surface area contributed by atoms with Gasteiger partial charge < -0.3 is 14.8 Å². The number of carbonyl (C=O) groups is 1. The third kappa shape index (κ3) is 6.21. The van der Waals surface area contributed by atoms with E-state index >= 15 is 0 Å². The number of rotatable bonds is 10. The van der Waals surface area contributed by atoms with E-state index in [4.69, 9.17) is 9.47 Å². The summed E-state index contributed by atoms with van der Waals surface area (Å²) in [5.74, 6) is 0.208. The van der Waals surface area contributed by atoms with Crippen molar-refractivity contribution < 1.29 is 22.7 Å². The van der Waals surface area contributed by atoms with Gasteiger partial charge in [-0.25, -0.2) is 8.42 Å². The minimum absolute atomic E-state index is 0.0455. The Bertz CT molecular complexity index is 860. The number of hydrogen-bond acceptors (Lipinski definition) is 6. The highest BCUT2D eigenvalue weighted by Gasteiger charge is 2.34. The van der Waals surface area contributed by atoms with Gasteiger partial charge >= 0.3 is 0 Å². The van der Waals surface area contributed by atoms with E-state index in [-0.39, 0.29) is 40.7 Å². The van der Waals surface area contributed by atoms with Crippen molar-refractivity contribution in [3.8, 4) is 5.75 Å². The zero-order chi connectivity index (χ0) is 24.1. The fourth-order valence-corrected chi connectivity index (χ4v) is 5.93. The number of anilines is 1. The first-order valence-electron chi connectivity index (χ1n) is 11.5. The highest BCUT2D eigenvalue weighted by atomic mass is 32.2. The van der Waals surface area contributed by atoms with Gasteiger partial charge in [0.15, 0.2) is 0 Å². The first-order valence-corrected chi connectivity index (χ1v) is 13.0. The summed E-state index contributed by atoms with van der Waals surface area (Å²) in [7, 11) is -3.75. The quantitative estimate of drug-likeness (QED) is 0.566. The van der Waals surface area contributed by atoms with Crippen LogP contribution in [-0.4, -0.2) is 74.6 Å². The molecule has 0 spiro atoms. The number of morpholine rings is 1. The van der Waals surface area contributed by atoms with E-state index in [1.807, 2.05) is 27.7 Å². The topological polar surface area (TPSA) is 88.2 Å². The third-order valence-electron chi connectivity index (χ3n) is 5.58. The number of benzene rings is 1. The van der Waals surface area contributed by atoms with Gasteiger partial charge in [0.2, 0.25) is 15.9 Å². The summed E-state index contributed by atoms with van der Waals surface area (Å²) in [6, 6.07) is 4.45. The van der Waals surface area contributed by atoms with Gasteiger partial charge in [-0.05, 0) is 44.9 Å². The Kier molecular flexibility index (Phi) is 9.51. The summed E-state index contributed by atoms with van der Waals surface area (Å²) in [6.07, 6.45) is 0.0909.